The van der Waals surface area contributed by atoms with Gasteiger partial charge in [-0.15, -0.1) is 0 Å². The van der Waals surface area contributed by atoms with Gasteiger partial charge in [0.25, 0.3) is 0 Å². The van der Waals surface area contributed by atoms with Crippen molar-refractivity contribution in [1.82, 2.24) is 15.5 Å². The van der Waals surface area contributed by atoms with Gasteiger partial charge in [0.2, 0.25) is 11.7 Å². The zero-order chi connectivity index (χ0) is 13.9. The second-order valence-electron chi connectivity index (χ2n) is 5.19. The van der Waals surface area contributed by atoms with Gasteiger partial charge in [0.1, 0.15) is 5.75 Å². The maximum Gasteiger partial charge on any atom is 0.229 e. The molecule has 1 unspecified atom stereocenters. The van der Waals surface area contributed by atoms with Gasteiger partial charge in [-0.25, -0.2) is 0 Å². The highest BCUT2D eigenvalue weighted by Gasteiger charge is 2.29. The first kappa shape index (κ1) is 13.1. The van der Waals surface area contributed by atoms with E-state index in [1.807, 2.05) is 19.2 Å². The molecular formula is C15H19N3O2. The minimum atomic E-state index is 0.336. The molecule has 1 aromatic carbocycles. The summed E-state index contributed by atoms with van der Waals surface area (Å²) in [6, 6.07) is 8.38. The van der Waals surface area contributed by atoms with Gasteiger partial charge in [-0.1, -0.05) is 17.3 Å². The minimum absolute atomic E-state index is 0.336. The first-order chi connectivity index (χ1) is 9.76. The molecule has 0 bridgehead atoms. The fraction of sp³-hybridized carbons (Fsp3) is 0.467. The van der Waals surface area contributed by atoms with Crippen LogP contribution in [-0.4, -0.2) is 17.2 Å². The molecule has 3 rings (SSSR count). The number of aromatic nitrogens is 2. The van der Waals surface area contributed by atoms with Crippen molar-refractivity contribution in [2.24, 2.45) is 0 Å². The molecule has 1 saturated carbocycles. The van der Waals surface area contributed by atoms with Crippen LogP contribution in [0.25, 0.3) is 0 Å². The number of hydrogen-bond donors (Lipinski definition) is 1. The number of hydrogen-bond acceptors (Lipinski definition) is 5. The number of nitrogens with one attached hydrogen (secondary N) is 1. The first-order valence-corrected chi connectivity index (χ1v) is 6.99. The molecule has 20 heavy (non-hydrogen) atoms. The minimum Gasteiger partial charge on any atom is -0.485 e. The van der Waals surface area contributed by atoms with Gasteiger partial charge in [-0.3, -0.25) is 0 Å². The Hall–Kier alpha value is -1.88. The predicted molar refractivity (Wildman–Crippen MR) is 74.5 cm³/mol. The molecule has 0 amide bonds. The molecule has 0 spiro atoms. The Kier molecular flexibility index (Phi) is 3.69. The average molecular weight is 273 g/mol. The van der Waals surface area contributed by atoms with Gasteiger partial charge in [-0.05, 0) is 44.5 Å². The Morgan fingerprint density at radius 3 is 2.75 bits per heavy atom. The average Bonchev–Trinajstić information content (AvgIpc) is 3.24. The molecule has 5 nitrogen and oxygen atoms in total. The molecule has 1 fully saturated rings. The fourth-order valence-electron chi connectivity index (χ4n) is 1.99. The van der Waals surface area contributed by atoms with E-state index in [0.29, 0.717) is 24.4 Å². The van der Waals surface area contributed by atoms with E-state index in [4.69, 9.17) is 9.26 Å². The van der Waals surface area contributed by atoms with E-state index in [9.17, 15) is 0 Å². The number of nitrogens with zero attached hydrogens (tertiary/aromatic N) is 2. The van der Waals surface area contributed by atoms with Crippen molar-refractivity contribution in [2.45, 2.75) is 38.3 Å². The van der Waals surface area contributed by atoms with E-state index < -0.39 is 0 Å². The maximum atomic E-state index is 5.67. The van der Waals surface area contributed by atoms with Gasteiger partial charge >= 0.3 is 0 Å². The highest BCUT2D eigenvalue weighted by Crippen LogP contribution is 2.38. The van der Waals surface area contributed by atoms with Crippen LogP contribution in [-0.2, 0) is 6.61 Å². The van der Waals surface area contributed by atoms with Crippen LogP contribution in [0.15, 0.2) is 28.8 Å². The molecule has 0 saturated heterocycles. The molecule has 1 aliphatic rings. The zero-order valence-corrected chi connectivity index (χ0v) is 11.8. The van der Waals surface area contributed by atoms with E-state index in [2.05, 4.69) is 34.5 Å². The molecule has 1 aromatic heterocycles. The summed E-state index contributed by atoms with van der Waals surface area (Å²) in [6.45, 7) is 2.46. The molecule has 1 aliphatic carbocycles. The highest BCUT2D eigenvalue weighted by molar-refractivity contribution is 5.28. The van der Waals surface area contributed by atoms with Crippen molar-refractivity contribution < 1.29 is 9.26 Å². The fourth-order valence-corrected chi connectivity index (χ4v) is 1.99. The quantitative estimate of drug-likeness (QED) is 0.877. The third-order valence-electron chi connectivity index (χ3n) is 3.59. The van der Waals surface area contributed by atoms with Crippen molar-refractivity contribution in [3.8, 4) is 5.75 Å². The standard InChI is InChI=1S/C15H19N3O2/c1-10(16-2)11-5-7-13(8-6-11)19-9-14-17-15(20-18-14)12-3-4-12/h5-8,10,12,16H,3-4,9H2,1-2H3. The second kappa shape index (κ2) is 5.63. The van der Waals surface area contributed by atoms with Crippen molar-refractivity contribution >= 4 is 0 Å². The summed E-state index contributed by atoms with van der Waals surface area (Å²) in [6.07, 6.45) is 2.32. The molecular weight excluding hydrogens is 254 g/mol. The van der Waals surface area contributed by atoms with Crippen LogP contribution in [0.4, 0.5) is 0 Å². The predicted octanol–water partition coefficient (Wildman–Crippen LogP) is 2.81. The molecule has 0 aliphatic heterocycles. The topological polar surface area (TPSA) is 60.2 Å². The maximum absolute atomic E-state index is 5.67. The van der Waals surface area contributed by atoms with Crippen molar-refractivity contribution in [1.29, 1.82) is 0 Å². The monoisotopic (exact) mass is 273 g/mol. The number of ether oxygens (including phenoxy) is 1. The highest BCUT2D eigenvalue weighted by atomic mass is 16.5. The van der Waals surface area contributed by atoms with Crippen molar-refractivity contribution in [2.75, 3.05) is 7.05 Å². The largest absolute Gasteiger partial charge is 0.485 e. The summed E-state index contributed by atoms with van der Waals surface area (Å²) in [7, 11) is 1.95. The number of rotatable bonds is 6. The van der Waals surface area contributed by atoms with Crippen LogP contribution in [0, 0.1) is 0 Å². The Morgan fingerprint density at radius 2 is 2.10 bits per heavy atom. The summed E-state index contributed by atoms with van der Waals surface area (Å²) < 4.78 is 10.9. The summed E-state index contributed by atoms with van der Waals surface area (Å²) in [5.74, 6) is 2.66. The lowest BCUT2D eigenvalue weighted by atomic mass is 10.1. The van der Waals surface area contributed by atoms with Gasteiger partial charge in [0.05, 0.1) is 0 Å². The van der Waals surface area contributed by atoms with Gasteiger partial charge in [0.15, 0.2) is 6.61 Å². The SMILES string of the molecule is CNC(C)c1ccc(OCc2noc(C3CC3)n2)cc1. The molecule has 1 atom stereocenters. The van der Waals surface area contributed by atoms with Crippen LogP contribution >= 0.6 is 0 Å². The van der Waals surface area contributed by atoms with E-state index >= 15 is 0 Å². The lowest BCUT2D eigenvalue weighted by Crippen LogP contribution is -2.11. The van der Waals surface area contributed by atoms with Gasteiger partial charge in [-0.2, -0.15) is 4.98 Å². The third-order valence-corrected chi connectivity index (χ3v) is 3.59. The summed E-state index contributed by atoms with van der Waals surface area (Å²) in [5.41, 5.74) is 1.23. The molecule has 2 aromatic rings. The zero-order valence-electron chi connectivity index (χ0n) is 11.8. The van der Waals surface area contributed by atoms with Crippen LogP contribution in [0.1, 0.15) is 49.0 Å². The van der Waals surface area contributed by atoms with E-state index in [0.717, 1.165) is 24.5 Å². The molecule has 1 heterocycles. The normalized spacial score (nSPS) is 16.1. The second-order valence-corrected chi connectivity index (χ2v) is 5.19. The van der Waals surface area contributed by atoms with E-state index in [-0.39, 0.29) is 0 Å². The summed E-state index contributed by atoms with van der Waals surface area (Å²) in [5, 5.41) is 7.13. The lowest BCUT2D eigenvalue weighted by Gasteiger charge is -2.11. The van der Waals surface area contributed by atoms with Crippen molar-refractivity contribution in [3.63, 3.8) is 0 Å². The summed E-state index contributed by atoms with van der Waals surface area (Å²) in [4.78, 5) is 4.33. The Morgan fingerprint density at radius 1 is 1.35 bits per heavy atom. The summed E-state index contributed by atoms with van der Waals surface area (Å²) >= 11 is 0. The molecule has 5 heteroatoms. The van der Waals surface area contributed by atoms with Crippen LogP contribution in [0.2, 0.25) is 0 Å². The molecule has 106 valence electrons. The Bertz CT molecular complexity index is 561. The van der Waals surface area contributed by atoms with Gasteiger partial charge in [0, 0.05) is 12.0 Å². The molecule has 1 N–H and O–H groups in total. The lowest BCUT2D eigenvalue weighted by molar-refractivity contribution is 0.285. The first-order valence-electron chi connectivity index (χ1n) is 6.99. The van der Waals surface area contributed by atoms with Crippen LogP contribution in [0.5, 0.6) is 5.75 Å². The Balaban J connectivity index is 1.57. The van der Waals surface area contributed by atoms with Crippen molar-refractivity contribution in [3.05, 3.63) is 41.5 Å². The van der Waals surface area contributed by atoms with Crippen LogP contribution < -0.4 is 10.1 Å². The number of benzene rings is 1. The van der Waals surface area contributed by atoms with Crippen LogP contribution in [0.3, 0.4) is 0 Å². The third kappa shape index (κ3) is 2.99. The van der Waals surface area contributed by atoms with E-state index in [1.165, 1.54) is 5.56 Å². The van der Waals surface area contributed by atoms with E-state index in [1.54, 1.807) is 0 Å². The molecule has 0 radical (unpaired) electrons. The Labute approximate surface area is 118 Å². The smallest absolute Gasteiger partial charge is 0.229 e. The van der Waals surface area contributed by atoms with Gasteiger partial charge < -0.3 is 14.6 Å².